The Balaban J connectivity index is 1.89. The molecular formula is C22H19Cl2NO3. The van der Waals surface area contributed by atoms with Crippen molar-refractivity contribution < 1.29 is 14.7 Å². The number of hydrogen-bond acceptors (Lipinski definition) is 3. The number of carbonyl (C=O) groups excluding carboxylic acids is 2. The molecule has 4 rings (SSSR count). The minimum atomic E-state index is -0.663. The summed E-state index contributed by atoms with van der Waals surface area (Å²) in [5.74, 6) is -1.45. The van der Waals surface area contributed by atoms with E-state index in [1.54, 1.807) is 17.0 Å². The predicted octanol–water partition coefficient (Wildman–Crippen LogP) is 5.36. The molecular weight excluding hydrogens is 397 g/mol. The number of Topliss-reactive ketones (excluding diaryl/α,β-unsaturated/α-hetero) is 1. The zero-order valence-corrected chi connectivity index (χ0v) is 16.6. The fourth-order valence-electron chi connectivity index (χ4n) is 4.17. The van der Waals surface area contributed by atoms with Gasteiger partial charge in [0.15, 0.2) is 0 Å². The van der Waals surface area contributed by atoms with E-state index in [1.165, 1.54) is 6.07 Å². The molecule has 2 aromatic carbocycles. The Kier molecular flexibility index (Phi) is 5.17. The molecule has 0 aromatic heterocycles. The van der Waals surface area contributed by atoms with Gasteiger partial charge in [-0.1, -0.05) is 66.4 Å². The number of benzene rings is 2. The summed E-state index contributed by atoms with van der Waals surface area (Å²) < 4.78 is 0. The highest BCUT2D eigenvalue weighted by Crippen LogP contribution is 2.43. The molecule has 144 valence electrons. The molecule has 6 heteroatoms. The normalized spacial score (nSPS) is 22.2. The van der Waals surface area contributed by atoms with Gasteiger partial charge in [-0.2, -0.15) is 0 Å². The van der Waals surface area contributed by atoms with E-state index in [9.17, 15) is 14.7 Å². The third kappa shape index (κ3) is 3.21. The zero-order chi connectivity index (χ0) is 19.8. The van der Waals surface area contributed by atoms with E-state index in [-0.39, 0.29) is 22.4 Å². The molecule has 1 saturated carbocycles. The van der Waals surface area contributed by atoms with E-state index < -0.39 is 17.7 Å². The van der Waals surface area contributed by atoms with E-state index >= 15 is 0 Å². The molecule has 0 bridgehead atoms. The van der Waals surface area contributed by atoms with E-state index in [2.05, 4.69) is 0 Å². The van der Waals surface area contributed by atoms with Crippen LogP contribution in [-0.4, -0.2) is 27.7 Å². The van der Waals surface area contributed by atoms with Crippen molar-refractivity contribution in [2.45, 2.75) is 37.8 Å². The lowest BCUT2D eigenvalue weighted by molar-refractivity contribution is -0.141. The molecule has 1 unspecified atom stereocenters. The first kappa shape index (κ1) is 19.0. The Morgan fingerprint density at radius 2 is 1.64 bits per heavy atom. The Bertz CT molecular complexity index is 965. The van der Waals surface area contributed by atoms with Gasteiger partial charge in [0.1, 0.15) is 5.76 Å². The van der Waals surface area contributed by atoms with Crippen LogP contribution in [-0.2, 0) is 9.59 Å². The van der Waals surface area contributed by atoms with Gasteiger partial charge in [0, 0.05) is 11.6 Å². The van der Waals surface area contributed by atoms with Crippen molar-refractivity contribution in [1.82, 2.24) is 4.90 Å². The Labute approximate surface area is 173 Å². The van der Waals surface area contributed by atoms with Crippen LogP contribution in [0.2, 0.25) is 10.0 Å². The molecule has 28 heavy (non-hydrogen) atoms. The first-order chi connectivity index (χ1) is 13.5. The Hall–Kier alpha value is -2.30. The van der Waals surface area contributed by atoms with Gasteiger partial charge >= 0.3 is 0 Å². The monoisotopic (exact) mass is 415 g/mol. The minimum Gasteiger partial charge on any atom is -0.507 e. The van der Waals surface area contributed by atoms with Crippen molar-refractivity contribution in [1.29, 1.82) is 0 Å². The third-order valence-electron chi connectivity index (χ3n) is 5.51. The Morgan fingerprint density at radius 3 is 2.29 bits per heavy atom. The highest BCUT2D eigenvalue weighted by Gasteiger charge is 2.49. The van der Waals surface area contributed by atoms with E-state index in [0.717, 1.165) is 31.2 Å². The molecule has 1 N–H and O–H groups in total. The molecule has 1 aliphatic heterocycles. The number of aliphatic hydroxyl groups is 1. The lowest BCUT2D eigenvalue weighted by Crippen LogP contribution is -2.37. The summed E-state index contributed by atoms with van der Waals surface area (Å²) in [4.78, 5) is 27.5. The summed E-state index contributed by atoms with van der Waals surface area (Å²) in [7, 11) is 0. The summed E-state index contributed by atoms with van der Waals surface area (Å²) in [5.41, 5.74) is 1.26. The summed E-state index contributed by atoms with van der Waals surface area (Å²) >= 11 is 12.1. The maximum Gasteiger partial charge on any atom is 0.295 e. The third-order valence-corrected chi connectivity index (χ3v) is 6.25. The maximum absolute atomic E-state index is 13.0. The molecule has 1 aliphatic carbocycles. The molecule has 0 spiro atoms. The van der Waals surface area contributed by atoms with E-state index in [0.29, 0.717) is 10.6 Å². The quantitative estimate of drug-likeness (QED) is 0.417. The number of ketones is 1. The average Bonchev–Trinajstić information content (AvgIpc) is 3.31. The Morgan fingerprint density at radius 1 is 0.964 bits per heavy atom. The molecule has 1 amide bonds. The first-order valence-electron chi connectivity index (χ1n) is 9.29. The largest absolute Gasteiger partial charge is 0.507 e. The van der Waals surface area contributed by atoms with Crippen molar-refractivity contribution in [2.24, 2.45) is 0 Å². The van der Waals surface area contributed by atoms with Gasteiger partial charge < -0.3 is 10.0 Å². The fraction of sp³-hybridized carbons (Fsp3) is 0.273. The highest BCUT2D eigenvalue weighted by atomic mass is 35.5. The number of hydrogen-bond donors (Lipinski definition) is 1. The second-order valence-corrected chi connectivity index (χ2v) is 8.00. The van der Waals surface area contributed by atoms with Crippen LogP contribution in [0.25, 0.3) is 5.76 Å². The van der Waals surface area contributed by atoms with Crippen LogP contribution >= 0.6 is 23.2 Å². The maximum atomic E-state index is 13.0. The summed E-state index contributed by atoms with van der Waals surface area (Å²) in [6, 6.07) is 13.4. The van der Waals surface area contributed by atoms with E-state index in [4.69, 9.17) is 23.2 Å². The van der Waals surface area contributed by atoms with Gasteiger partial charge in [-0.25, -0.2) is 0 Å². The molecule has 0 radical (unpaired) electrons. The standard InChI is InChI=1S/C22H19Cl2NO3/c23-16-11-10-14(12-17(16)24)20(26)18-19(13-6-2-1-3-7-13)25(22(28)21(18)27)15-8-4-5-9-15/h1-3,6-7,10-12,15,19,26H,4-5,8-9H2/b20-18-. The number of amides is 1. The van der Waals surface area contributed by atoms with Crippen LogP contribution in [0.15, 0.2) is 54.1 Å². The summed E-state index contributed by atoms with van der Waals surface area (Å²) in [5, 5.41) is 11.6. The molecule has 4 nitrogen and oxygen atoms in total. The van der Waals surface area contributed by atoms with Crippen LogP contribution in [0.4, 0.5) is 0 Å². The van der Waals surface area contributed by atoms with E-state index in [1.807, 2.05) is 30.3 Å². The fourth-order valence-corrected chi connectivity index (χ4v) is 4.47. The summed E-state index contributed by atoms with van der Waals surface area (Å²) in [6.45, 7) is 0. The predicted molar refractivity (Wildman–Crippen MR) is 109 cm³/mol. The zero-order valence-electron chi connectivity index (χ0n) is 15.1. The number of carbonyl (C=O) groups is 2. The van der Waals surface area contributed by atoms with Gasteiger partial charge in [0.25, 0.3) is 11.7 Å². The molecule has 1 heterocycles. The topological polar surface area (TPSA) is 57.6 Å². The molecule has 2 aromatic rings. The number of halogens is 2. The van der Waals surface area contributed by atoms with Gasteiger partial charge in [-0.05, 0) is 36.6 Å². The van der Waals surface area contributed by atoms with Crippen LogP contribution in [0, 0.1) is 0 Å². The highest BCUT2D eigenvalue weighted by molar-refractivity contribution is 6.47. The van der Waals surface area contributed by atoms with Crippen LogP contribution in [0.1, 0.15) is 42.9 Å². The van der Waals surface area contributed by atoms with Crippen molar-refractivity contribution in [3.8, 4) is 0 Å². The van der Waals surface area contributed by atoms with Crippen molar-refractivity contribution in [3.05, 3.63) is 75.3 Å². The average molecular weight is 416 g/mol. The minimum absolute atomic E-state index is 0.000705. The molecule has 1 atom stereocenters. The van der Waals surface area contributed by atoms with Gasteiger partial charge in [-0.15, -0.1) is 0 Å². The smallest absolute Gasteiger partial charge is 0.295 e. The lowest BCUT2D eigenvalue weighted by Gasteiger charge is -2.30. The number of likely N-dealkylation sites (tertiary alicyclic amines) is 1. The van der Waals surface area contributed by atoms with Gasteiger partial charge in [0.05, 0.1) is 21.7 Å². The van der Waals surface area contributed by atoms with Gasteiger partial charge in [0.2, 0.25) is 0 Å². The molecule has 1 saturated heterocycles. The summed E-state index contributed by atoms with van der Waals surface area (Å²) in [6.07, 6.45) is 3.79. The number of nitrogens with zero attached hydrogens (tertiary/aromatic N) is 1. The number of aliphatic hydroxyl groups excluding tert-OH is 1. The van der Waals surface area contributed by atoms with Gasteiger partial charge in [-0.3, -0.25) is 9.59 Å². The lowest BCUT2D eigenvalue weighted by atomic mass is 9.94. The number of rotatable bonds is 3. The SMILES string of the molecule is O=C1C(=O)N(C2CCCC2)C(c2ccccc2)/C1=C(/O)c1ccc(Cl)c(Cl)c1. The molecule has 2 aliphatic rings. The van der Waals surface area contributed by atoms with Crippen LogP contribution in [0.3, 0.4) is 0 Å². The first-order valence-corrected chi connectivity index (χ1v) is 10.0. The van der Waals surface area contributed by atoms with Crippen molar-refractivity contribution >= 4 is 40.7 Å². The molecule has 2 fully saturated rings. The van der Waals surface area contributed by atoms with Crippen LogP contribution < -0.4 is 0 Å². The van der Waals surface area contributed by atoms with Crippen LogP contribution in [0.5, 0.6) is 0 Å². The second-order valence-electron chi connectivity index (χ2n) is 7.18. The van der Waals surface area contributed by atoms with Crippen molar-refractivity contribution in [3.63, 3.8) is 0 Å². The second kappa shape index (κ2) is 7.61. The van der Waals surface area contributed by atoms with Crippen molar-refractivity contribution in [2.75, 3.05) is 0 Å².